The van der Waals surface area contributed by atoms with Crippen molar-refractivity contribution in [1.29, 1.82) is 0 Å². The normalized spacial score (nSPS) is 20.0. The minimum Gasteiger partial charge on any atom is -0.455 e. The number of benzene rings is 1. The van der Waals surface area contributed by atoms with Crippen LogP contribution in [0, 0.1) is 24.7 Å². The summed E-state index contributed by atoms with van der Waals surface area (Å²) in [7, 11) is 1.89. The van der Waals surface area contributed by atoms with Gasteiger partial charge in [-0.05, 0) is 25.7 Å². The Labute approximate surface area is 163 Å². The topological polar surface area (TPSA) is 55.2 Å². The second kappa shape index (κ2) is 6.74. The highest BCUT2D eigenvalue weighted by atomic mass is 19.1. The summed E-state index contributed by atoms with van der Waals surface area (Å²) in [5.41, 5.74) is 2.72. The molecular weight excluding hydrogens is 357 g/mol. The van der Waals surface area contributed by atoms with E-state index in [1.54, 1.807) is 19.4 Å². The molecule has 28 heavy (non-hydrogen) atoms. The van der Waals surface area contributed by atoms with E-state index in [4.69, 9.17) is 4.74 Å². The Bertz CT molecular complexity index is 1030. The summed E-state index contributed by atoms with van der Waals surface area (Å²) in [6.07, 6.45) is 5.93. The molecule has 1 aromatic carbocycles. The Morgan fingerprint density at radius 3 is 2.96 bits per heavy atom. The number of aromatic nitrogens is 3. The molecular formula is C21H23FN5O. The number of piperazine rings is 1. The third-order valence-corrected chi connectivity index (χ3v) is 5.70. The van der Waals surface area contributed by atoms with Gasteiger partial charge < -0.3 is 19.5 Å². The zero-order valence-electron chi connectivity index (χ0n) is 16.1. The maximum absolute atomic E-state index is 14.6. The maximum Gasteiger partial charge on any atom is 0.159 e. The van der Waals surface area contributed by atoms with Crippen LogP contribution in [0.5, 0.6) is 11.5 Å². The molecule has 145 valence electrons. The van der Waals surface area contributed by atoms with Crippen LogP contribution in [-0.4, -0.2) is 40.2 Å². The number of hydrogen-bond acceptors (Lipinski definition) is 5. The van der Waals surface area contributed by atoms with Crippen molar-refractivity contribution in [3.8, 4) is 11.5 Å². The van der Waals surface area contributed by atoms with Crippen molar-refractivity contribution >= 4 is 16.9 Å². The summed E-state index contributed by atoms with van der Waals surface area (Å²) in [5, 5.41) is 3.58. The fourth-order valence-electron chi connectivity index (χ4n) is 3.85. The molecule has 0 amide bonds. The van der Waals surface area contributed by atoms with Gasteiger partial charge in [-0.3, -0.25) is 0 Å². The summed E-state index contributed by atoms with van der Waals surface area (Å²) in [4.78, 5) is 10.9. The molecule has 6 nitrogen and oxygen atoms in total. The lowest BCUT2D eigenvalue weighted by atomic mass is 10.1. The van der Waals surface area contributed by atoms with Crippen molar-refractivity contribution in [2.24, 2.45) is 13.0 Å². The Morgan fingerprint density at radius 2 is 2.14 bits per heavy atom. The van der Waals surface area contributed by atoms with Crippen LogP contribution in [-0.2, 0) is 7.05 Å². The lowest BCUT2D eigenvalue weighted by molar-refractivity contribution is 0.417. The van der Waals surface area contributed by atoms with Gasteiger partial charge >= 0.3 is 0 Å². The third kappa shape index (κ3) is 3.20. The fourth-order valence-corrected chi connectivity index (χ4v) is 3.85. The van der Waals surface area contributed by atoms with Gasteiger partial charge in [-0.25, -0.2) is 14.4 Å². The largest absolute Gasteiger partial charge is 0.455 e. The highest BCUT2D eigenvalue weighted by molar-refractivity contribution is 5.72. The lowest BCUT2D eigenvalue weighted by Gasteiger charge is -2.35. The number of pyridine rings is 1. The number of anilines is 1. The molecule has 2 aromatic heterocycles. The number of fused-ring (bicyclic) bond motifs is 1. The number of halogens is 1. The van der Waals surface area contributed by atoms with Gasteiger partial charge in [-0.2, -0.15) is 0 Å². The fraction of sp³-hybridized carbons (Fsp3) is 0.429. The molecule has 1 aliphatic carbocycles. The van der Waals surface area contributed by atoms with E-state index in [-0.39, 0.29) is 5.82 Å². The van der Waals surface area contributed by atoms with Gasteiger partial charge in [0, 0.05) is 56.5 Å². The second-order valence-corrected chi connectivity index (χ2v) is 7.77. The van der Waals surface area contributed by atoms with Crippen LogP contribution < -0.4 is 15.0 Å². The Morgan fingerprint density at radius 1 is 1.29 bits per heavy atom. The van der Waals surface area contributed by atoms with Crippen molar-refractivity contribution in [1.82, 2.24) is 19.9 Å². The SMILES string of the molecule is Cc1c(F)[c]c(N2CCN[C@H](C3CC3)C2)cc1Oc1cnc2c(c1)ncn2C. The van der Waals surface area contributed by atoms with Crippen LogP contribution >= 0.6 is 0 Å². The van der Waals surface area contributed by atoms with Crippen molar-refractivity contribution in [3.05, 3.63) is 42.1 Å². The van der Waals surface area contributed by atoms with E-state index in [1.165, 1.54) is 12.8 Å². The van der Waals surface area contributed by atoms with Crippen LogP contribution in [0.4, 0.5) is 10.1 Å². The molecule has 0 spiro atoms. The molecule has 1 saturated heterocycles. The predicted octanol–water partition coefficient (Wildman–Crippen LogP) is 3.20. The summed E-state index contributed by atoms with van der Waals surface area (Å²) >= 11 is 0. The summed E-state index contributed by atoms with van der Waals surface area (Å²) < 4.78 is 22.5. The van der Waals surface area contributed by atoms with Gasteiger partial charge in [0.2, 0.25) is 0 Å². The molecule has 0 bridgehead atoms. The number of imidazole rings is 1. The van der Waals surface area contributed by atoms with Crippen LogP contribution in [0.15, 0.2) is 24.7 Å². The van der Waals surface area contributed by atoms with Gasteiger partial charge in [-0.1, -0.05) is 0 Å². The molecule has 1 N–H and O–H groups in total. The van der Waals surface area contributed by atoms with Gasteiger partial charge in [0.15, 0.2) is 5.65 Å². The van der Waals surface area contributed by atoms with Crippen LogP contribution in [0.2, 0.25) is 0 Å². The molecule has 1 radical (unpaired) electrons. The molecule has 3 aromatic rings. The average molecular weight is 380 g/mol. The van der Waals surface area contributed by atoms with Crippen LogP contribution in [0.1, 0.15) is 18.4 Å². The monoisotopic (exact) mass is 380 g/mol. The highest BCUT2D eigenvalue weighted by Crippen LogP contribution is 2.36. The molecule has 3 heterocycles. The summed E-state index contributed by atoms with van der Waals surface area (Å²) in [6, 6.07) is 7.09. The third-order valence-electron chi connectivity index (χ3n) is 5.70. The van der Waals surface area contributed by atoms with Gasteiger partial charge in [0.25, 0.3) is 0 Å². The number of nitrogens with one attached hydrogen (secondary N) is 1. The Kier molecular flexibility index (Phi) is 4.19. The molecule has 2 aliphatic rings. The van der Waals surface area contributed by atoms with Crippen molar-refractivity contribution in [2.45, 2.75) is 25.8 Å². The van der Waals surface area contributed by atoms with Gasteiger partial charge in [0.05, 0.1) is 18.2 Å². The van der Waals surface area contributed by atoms with E-state index >= 15 is 0 Å². The molecule has 1 atom stereocenters. The van der Waals surface area contributed by atoms with E-state index in [9.17, 15) is 4.39 Å². The van der Waals surface area contributed by atoms with E-state index in [0.29, 0.717) is 23.1 Å². The van der Waals surface area contributed by atoms with Crippen LogP contribution in [0.25, 0.3) is 11.2 Å². The first-order chi connectivity index (χ1) is 13.6. The van der Waals surface area contributed by atoms with Crippen molar-refractivity contribution < 1.29 is 9.13 Å². The first-order valence-corrected chi connectivity index (χ1v) is 9.74. The molecule has 2 fully saturated rings. The summed E-state index contributed by atoms with van der Waals surface area (Å²) in [5.74, 6) is 1.41. The first-order valence-electron chi connectivity index (χ1n) is 9.74. The maximum atomic E-state index is 14.6. The Hall–Kier alpha value is -2.67. The molecule has 1 saturated carbocycles. The molecule has 5 rings (SSSR count). The minimum atomic E-state index is -0.374. The number of aryl methyl sites for hydroxylation is 1. The van der Waals surface area contributed by atoms with E-state index in [1.807, 2.05) is 23.7 Å². The lowest BCUT2D eigenvalue weighted by Crippen LogP contribution is -2.51. The van der Waals surface area contributed by atoms with Gasteiger partial charge in [0.1, 0.15) is 22.8 Å². The smallest absolute Gasteiger partial charge is 0.159 e. The molecule has 1 aliphatic heterocycles. The van der Waals surface area contributed by atoms with E-state index in [2.05, 4.69) is 26.3 Å². The van der Waals surface area contributed by atoms with Crippen molar-refractivity contribution in [3.63, 3.8) is 0 Å². The van der Waals surface area contributed by atoms with E-state index < -0.39 is 0 Å². The number of ether oxygens (including phenoxy) is 1. The second-order valence-electron chi connectivity index (χ2n) is 7.77. The first kappa shape index (κ1) is 17.4. The number of nitrogens with zero attached hydrogens (tertiary/aromatic N) is 4. The van der Waals surface area contributed by atoms with Crippen molar-refractivity contribution in [2.75, 3.05) is 24.5 Å². The highest BCUT2D eigenvalue weighted by Gasteiger charge is 2.34. The Balaban J connectivity index is 1.43. The predicted molar refractivity (Wildman–Crippen MR) is 105 cm³/mol. The molecule has 7 heteroatoms. The molecule has 0 unspecified atom stereocenters. The zero-order chi connectivity index (χ0) is 19.3. The average Bonchev–Trinajstić information content (AvgIpc) is 3.49. The number of hydrogen-bond donors (Lipinski definition) is 1. The van der Waals surface area contributed by atoms with Crippen LogP contribution in [0.3, 0.4) is 0 Å². The summed E-state index contributed by atoms with van der Waals surface area (Å²) in [6.45, 7) is 4.33. The quantitative estimate of drug-likeness (QED) is 0.753. The van der Waals surface area contributed by atoms with E-state index in [0.717, 1.165) is 42.4 Å². The minimum absolute atomic E-state index is 0.374. The van der Waals surface area contributed by atoms with Gasteiger partial charge in [-0.15, -0.1) is 0 Å². The number of rotatable bonds is 4. The zero-order valence-corrected chi connectivity index (χ0v) is 16.1. The standard InChI is InChI=1S/C21H23FN5O/c1-13-17(22)7-15(27-6-5-23-19(11-27)14-3-4-14)8-20(13)28-16-9-18-21(24-10-16)26(2)12-25-18/h8-10,12,14,19,23H,3-6,11H2,1-2H3/t19-/m0/s1.